The molecule has 1 aliphatic heterocycles. The average molecular weight is 435 g/mol. The number of aromatic nitrogens is 2. The zero-order valence-corrected chi connectivity index (χ0v) is 18.1. The van der Waals surface area contributed by atoms with Gasteiger partial charge in [0.05, 0.1) is 5.75 Å². The molecule has 0 N–H and O–H groups in total. The van der Waals surface area contributed by atoms with Crippen LogP contribution < -0.4 is 0 Å². The number of piperazine rings is 1. The van der Waals surface area contributed by atoms with E-state index in [1.54, 1.807) is 17.2 Å². The van der Waals surface area contributed by atoms with E-state index in [0.29, 0.717) is 31.9 Å². The molecule has 0 atom stereocenters. The molecule has 9 heteroatoms. The summed E-state index contributed by atoms with van der Waals surface area (Å²) < 4.78 is 28.5. The van der Waals surface area contributed by atoms with E-state index < -0.39 is 10.0 Å². The van der Waals surface area contributed by atoms with Gasteiger partial charge in [0.15, 0.2) is 5.16 Å². The third-order valence-electron chi connectivity index (χ3n) is 4.65. The SMILES string of the molecule is CCCn1ccnc1SCC(=O)N1CCN(S(=O)(=O)/C=C/c2ccccc2)CC1. The van der Waals surface area contributed by atoms with Crippen molar-refractivity contribution in [1.82, 2.24) is 18.8 Å². The molecule has 2 heterocycles. The summed E-state index contributed by atoms with van der Waals surface area (Å²) in [5.41, 5.74) is 0.836. The van der Waals surface area contributed by atoms with Crippen LogP contribution in [-0.4, -0.2) is 65.0 Å². The van der Waals surface area contributed by atoms with Crippen molar-refractivity contribution in [2.45, 2.75) is 25.0 Å². The molecule has 1 saturated heterocycles. The highest BCUT2D eigenvalue weighted by atomic mass is 32.2. The van der Waals surface area contributed by atoms with Gasteiger partial charge < -0.3 is 9.47 Å². The number of carbonyl (C=O) groups is 1. The van der Waals surface area contributed by atoms with E-state index in [1.807, 2.05) is 41.1 Å². The van der Waals surface area contributed by atoms with Crippen LogP contribution in [0, 0.1) is 0 Å². The number of aryl methyl sites for hydroxylation is 1. The van der Waals surface area contributed by atoms with E-state index in [4.69, 9.17) is 0 Å². The summed E-state index contributed by atoms with van der Waals surface area (Å²) in [6.45, 7) is 4.40. The fraction of sp³-hybridized carbons (Fsp3) is 0.400. The summed E-state index contributed by atoms with van der Waals surface area (Å²) in [5.74, 6) is 0.319. The van der Waals surface area contributed by atoms with Crippen LogP contribution in [0.25, 0.3) is 6.08 Å². The van der Waals surface area contributed by atoms with E-state index in [0.717, 1.165) is 23.7 Å². The molecular formula is C20H26N4O3S2. The summed E-state index contributed by atoms with van der Waals surface area (Å²) in [5, 5.41) is 2.08. The van der Waals surface area contributed by atoms with Crippen LogP contribution in [-0.2, 0) is 21.4 Å². The molecule has 0 spiro atoms. The lowest BCUT2D eigenvalue weighted by atomic mass is 10.2. The molecular weight excluding hydrogens is 408 g/mol. The normalized spacial score (nSPS) is 15.8. The Balaban J connectivity index is 1.49. The minimum absolute atomic E-state index is 0.0120. The van der Waals surface area contributed by atoms with Crippen LogP contribution in [0.4, 0.5) is 0 Å². The van der Waals surface area contributed by atoms with Crippen molar-refractivity contribution in [3.05, 3.63) is 53.7 Å². The third kappa shape index (κ3) is 5.94. The van der Waals surface area contributed by atoms with Crippen molar-refractivity contribution < 1.29 is 13.2 Å². The summed E-state index contributed by atoms with van der Waals surface area (Å²) in [4.78, 5) is 18.5. The zero-order chi connectivity index (χ0) is 20.7. The van der Waals surface area contributed by atoms with Crippen molar-refractivity contribution in [3.8, 4) is 0 Å². The van der Waals surface area contributed by atoms with Crippen LogP contribution in [0.3, 0.4) is 0 Å². The first-order chi connectivity index (χ1) is 14.0. The van der Waals surface area contributed by atoms with Crippen LogP contribution in [0.2, 0.25) is 0 Å². The largest absolute Gasteiger partial charge is 0.339 e. The highest BCUT2D eigenvalue weighted by Crippen LogP contribution is 2.18. The molecule has 0 aliphatic carbocycles. The van der Waals surface area contributed by atoms with Gasteiger partial charge in [-0.2, -0.15) is 4.31 Å². The van der Waals surface area contributed by atoms with Gasteiger partial charge in [0.1, 0.15) is 0 Å². The molecule has 0 radical (unpaired) electrons. The maximum Gasteiger partial charge on any atom is 0.236 e. The zero-order valence-electron chi connectivity index (χ0n) is 16.5. The molecule has 29 heavy (non-hydrogen) atoms. The molecule has 1 aromatic carbocycles. The fourth-order valence-corrected chi connectivity index (χ4v) is 5.13. The Bertz CT molecular complexity index is 934. The smallest absolute Gasteiger partial charge is 0.236 e. The summed E-state index contributed by atoms with van der Waals surface area (Å²) >= 11 is 1.43. The van der Waals surface area contributed by atoms with Gasteiger partial charge in [-0.25, -0.2) is 13.4 Å². The topological polar surface area (TPSA) is 75.5 Å². The molecule has 3 rings (SSSR count). The summed E-state index contributed by atoms with van der Waals surface area (Å²) in [7, 11) is -3.49. The molecule has 156 valence electrons. The lowest BCUT2D eigenvalue weighted by molar-refractivity contribution is -0.129. The second kappa shape index (κ2) is 10.1. The predicted molar refractivity (Wildman–Crippen MR) is 116 cm³/mol. The molecule has 7 nitrogen and oxygen atoms in total. The number of sulfonamides is 1. The van der Waals surface area contributed by atoms with E-state index in [1.165, 1.54) is 21.5 Å². The first-order valence-corrected chi connectivity index (χ1v) is 12.1. The van der Waals surface area contributed by atoms with Crippen LogP contribution in [0.1, 0.15) is 18.9 Å². The van der Waals surface area contributed by atoms with E-state index in [2.05, 4.69) is 11.9 Å². The highest BCUT2D eigenvalue weighted by Gasteiger charge is 2.27. The number of rotatable bonds is 8. The first-order valence-electron chi connectivity index (χ1n) is 9.64. The number of hydrogen-bond acceptors (Lipinski definition) is 5. The van der Waals surface area contributed by atoms with Gasteiger partial charge in [0, 0.05) is 50.5 Å². The first kappa shape index (κ1) is 21.6. The molecule has 1 aromatic heterocycles. The van der Waals surface area contributed by atoms with Crippen LogP contribution in [0.15, 0.2) is 53.3 Å². The predicted octanol–water partition coefficient (Wildman–Crippen LogP) is 2.53. The average Bonchev–Trinajstić information content (AvgIpc) is 3.19. The third-order valence-corrected chi connectivity index (χ3v) is 7.20. The lowest BCUT2D eigenvalue weighted by Crippen LogP contribution is -2.50. The Morgan fingerprint density at radius 3 is 2.59 bits per heavy atom. The van der Waals surface area contributed by atoms with Gasteiger partial charge in [0.25, 0.3) is 0 Å². The Morgan fingerprint density at radius 2 is 1.90 bits per heavy atom. The van der Waals surface area contributed by atoms with Gasteiger partial charge in [-0.1, -0.05) is 49.0 Å². The van der Waals surface area contributed by atoms with Gasteiger partial charge in [-0.3, -0.25) is 4.79 Å². The fourth-order valence-electron chi connectivity index (χ4n) is 3.07. The van der Waals surface area contributed by atoms with Crippen molar-refractivity contribution in [2.24, 2.45) is 0 Å². The molecule has 2 aromatic rings. The number of nitrogens with zero attached hydrogens (tertiary/aromatic N) is 4. The number of carbonyl (C=O) groups excluding carboxylic acids is 1. The number of imidazole rings is 1. The van der Waals surface area contributed by atoms with Gasteiger partial charge in [0.2, 0.25) is 15.9 Å². The van der Waals surface area contributed by atoms with Gasteiger partial charge in [-0.15, -0.1) is 0 Å². The number of benzene rings is 1. The standard InChI is InChI=1S/C20H26N4O3S2/c1-2-10-23-11-9-21-20(23)28-17-19(25)22-12-14-24(15-13-22)29(26,27)16-8-18-6-4-3-5-7-18/h3-9,11,16H,2,10,12-15,17H2,1H3/b16-8+. The Hall–Kier alpha value is -2.10. The Morgan fingerprint density at radius 1 is 1.17 bits per heavy atom. The van der Waals surface area contributed by atoms with Crippen molar-refractivity contribution in [3.63, 3.8) is 0 Å². The number of hydrogen-bond donors (Lipinski definition) is 0. The Kier molecular flexibility index (Phi) is 7.51. The minimum Gasteiger partial charge on any atom is -0.339 e. The minimum atomic E-state index is -3.49. The maximum absolute atomic E-state index is 12.5. The van der Waals surface area contributed by atoms with Crippen molar-refractivity contribution in [2.75, 3.05) is 31.9 Å². The highest BCUT2D eigenvalue weighted by molar-refractivity contribution is 7.99. The van der Waals surface area contributed by atoms with Gasteiger partial charge in [-0.05, 0) is 18.1 Å². The molecule has 0 unspecified atom stereocenters. The Labute approximate surface area is 176 Å². The maximum atomic E-state index is 12.5. The van der Waals surface area contributed by atoms with E-state index in [9.17, 15) is 13.2 Å². The molecule has 1 aliphatic rings. The monoisotopic (exact) mass is 434 g/mol. The molecule has 1 amide bonds. The van der Waals surface area contributed by atoms with Crippen LogP contribution in [0.5, 0.6) is 0 Å². The van der Waals surface area contributed by atoms with E-state index >= 15 is 0 Å². The second-order valence-electron chi connectivity index (χ2n) is 6.73. The number of amides is 1. The lowest BCUT2D eigenvalue weighted by Gasteiger charge is -2.33. The van der Waals surface area contributed by atoms with Crippen LogP contribution >= 0.6 is 11.8 Å². The van der Waals surface area contributed by atoms with E-state index in [-0.39, 0.29) is 5.91 Å². The quantitative estimate of drug-likeness (QED) is 0.597. The van der Waals surface area contributed by atoms with Crippen molar-refractivity contribution in [1.29, 1.82) is 0 Å². The molecule has 1 fully saturated rings. The molecule has 0 bridgehead atoms. The summed E-state index contributed by atoms with van der Waals surface area (Å²) in [6, 6.07) is 9.32. The van der Waals surface area contributed by atoms with Gasteiger partial charge >= 0.3 is 0 Å². The van der Waals surface area contributed by atoms with Crippen molar-refractivity contribution >= 4 is 33.8 Å². The second-order valence-corrected chi connectivity index (χ2v) is 9.49. The molecule has 0 saturated carbocycles. The number of thioether (sulfide) groups is 1. The summed E-state index contributed by atoms with van der Waals surface area (Å²) in [6.07, 6.45) is 6.27.